The molecule has 0 aromatic heterocycles. The Balaban J connectivity index is 4.41. The van der Waals surface area contributed by atoms with Crippen molar-refractivity contribution in [3.8, 4) is 0 Å². The fourth-order valence-corrected chi connectivity index (χ4v) is 1.47. The lowest BCUT2D eigenvalue weighted by Gasteiger charge is -2.23. The summed E-state index contributed by atoms with van der Waals surface area (Å²) in [6, 6.07) is -0.918. The Morgan fingerprint density at radius 3 is 1.92 bits per heavy atom. The molecule has 0 unspecified atom stereocenters. The molecule has 0 radical (unpaired) electrons. The Bertz CT molecular complexity index is 490. The molecule has 0 rings (SSSR count). The third kappa shape index (κ3) is 11.9. The second kappa shape index (κ2) is 9.29. The number of nitrogens with one attached hydrogen (secondary N) is 2. The van der Waals surface area contributed by atoms with E-state index in [0.29, 0.717) is 0 Å². The van der Waals surface area contributed by atoms with Crippen LogP contribution in [0, 0.1) is 0 Å². The molecule has 25 heavy (non-hydrogen) atoms. The fraction of sp³-hybridized carbons (Fsp3) is 0.706. The van der Waals surface area contributed by atoms with E-state index in [0.717, 1.165) is 0 Å². The third-order valence-corrected chi connectivity index (χ3v) is 2.46. The van der Waals surface area contributed by atoms with Crippen LogP contribution in [0.3, 0.4) is 0 Å². The second-order valence-electron chi connectivity index (χ2n) is 7.46. The lowest BCUT2D eigenvalue weighted by atomic mass is 10.2. The molecule has 0 saturated heterocycles. The van der Waals surface area contributed by atoms with Crippen molar-refractivity contribution in [2.24, 2.45) is 0 Å². The molecule has 2 N–H and O–H groups in total. The minimum absolute atomic E-state index is 0.00328. The summed E-state index contributed by atoms with van der Waals surface area (Å²) in [6.45, 7) is 15.4. The molecule has 0 aliphatic carbocycles. The van der Waals surface area contributed by atoms with Crippen molar-refractivity contribution in [2.45, 2.75) is 71.8 Å². The van der Waals surface area contributed by atoms with Gasteiger partial charge in [-0.05, 0) is 54.5 Å². The Kier molecular flexibility index (Phi) is 8.45. The minimum atomic E-state index is -0.918. The predicted molar refractivity (Wildman–Crippen MR) is 93.1 cm³/mol. The maximum Gasteiger partial charge on any atom is 0.408 e. The van der Waals surface area contributed by atoms with Crippen molar-refractivity contribution in [3.05, 3.63) is 12.7 Å². The molecule has 0 aromatic rings. The molecule has 0 aliphatic heterocycles. The number of carbonyl (C=O) groups excluding carboxylic acids is 3. The van der Waals surface area contributed by atoms with Crippen LogP contribution in [0.5, 0.6) is 0 Å². The maximum absolute atomic E-state index is 12.0. The smallest absolute Gasteiger partial charge is 0.408 e. The summed E-state index contributed by atoms with van der Waals surface area (Å²) in [5.74, 6) is -0.679. The van der Waals surface area contributed by atoms with Crippen molar-refractivity contribution in [1.29, 1.82) is 0 Å². The standard InChI is InChI=1S/C17H30N2O6/c1-9-12(10-18-14(21)24-16(3,4)5)23-13(20)11(2)19-15(22)25-17(6,7)8/h9,11-12H,1,10H2,2-8H3,(H,18,21)(H,19,22)/t11-,12-/m0/s1. The first-order valence-electron chi connectivity index (χ1n) is 8.03. The van der Waals surface area contributed by atoms with Crippen molar-refractivity contribution in [2.75, 3.05) is 6.54 Å². The number of esters is 1. The van der Waals surface area contributed by atoms with E-state index < -0.39 is 41.5 Å². The number of rotatable bonds is 6. The third-order valence-electron chi connectivity index (χ3n) is 2.46. The van der Waals surface area contributed by atoms with E-state index in [4.69, 9.17) is 14.2 Å². The van der Waals surface area contributed by atoms with Gasteiger partial charge in [0.1, 0.15) is 23.3 Å². The molecule has 0 fully saturated rings. The van der Waals surface area contributed by atoms with Crippen LogP contribution < -0.4 is 10.6 Å². The predicted octanol–water partition coefficient (Wildman–Crippen LogP) is 2.52. The van der Waals surface area contributed by atoms with Crippen molar-refractivity contribution < 1.29 is 28.6 Å². The zero-order valence-electron chi connectivity index (χ0n) is 16.1. The van der Waals surface area contributed by atoms with E-state index in [1.54, 1.807) is 41.5 Å². The minimum Gasteiger partial charge on any atom is -0.455 e. The van der Waals surface area contributed by atoms with Gasteiger partial charge < -0.3 is 24.8 Å². The van der Waals surface area contributed by atoms with Gasteiger partial charge in [0.25, 0.3) is 0 Å². The fourth-order valence-electron chi connectivity index (χ4n) is 1.47. The van der Waals surface area contributed by atoms with Crippen LogP contribution in [-0.4, -0.2) is 48.0 Å². The van der Waals surface area contributed by atoms with Crippen LogP contribution in [0.15, 0.2) is 12.7 Å². The largest absolute Gasteiger partial charge is 0.455 e. The molecule has 0 saturated carbocycles. The highest BCUT2D eigenvalue weighted by Crippen LogP contribution is 2.08. The van der Waals surface area contributed by atoms with E-state index >= 15 is 0 Å². The van der Waals surface area contributed by atoms with Gasteiger partial charge in [0, 0.05) is 0 Å². The van der Waals surface area contributed by atoms with Gasteiger partial charge >= 0.3 is 18.2 Å². The van der Waals surface area contributed by atoms with Gasteiger partial charge in [0.2, 0.25) is 0 Å². The lowest BCUT2D eigenvalue weighted by Crippen LogP contribution is -2.44. The maximum atomic E-state index is 12.0. The Morgan fingerprint density at radius 1 is 1.00 bits per heavy atom. The molecule has 2 atom stereocenters. The normalized spacial score (nSPS) is 13.9. The molecule has 0 spiro atoms. The summed E-state index contributed by atoms with van der Waals surface area (Å²) < 4.78 is 15.3. The van der Waals surface area contributed by atoms with Crippen molar-refractivity contribution in [1.82, 2.24) is 10.6 Å². The van der Waals surface area contributed by atoms with Gasteiger partial charge in [-0.25, -0.2) is 14.4 Å². The number of amides is 2. The SMILES string of the molecule is C=C[C@@H](CNC(=O)OC(C)(C)C)OC(=O)[C@H](C)NC(=O)OC(C)(C)C. The first-order chi connectivity index (χ1) is 11.2. The van der Waals surface area contributed by atoms with Crippen LogP contribution in [0.4, 0.5) is 9.59 Å². The molecule has 2 amide bonds. The molecule has 0 aliphatic rings. The van der Waals surface area contributed by atoms with E-state index in [-0.39, 0.29) is 6.54 Å². The van der Waals surface area contributed by atoms with Gasteiger partial charge in [-0.1, -0.05) is 6.58 Å². The van der Waals surface area contributed by atoms with E-state index in [1.165, 1.54) is 13.0 Å². The second-order valence-corrected chi connectivity index (χ2v) is 7.46. The molecule has 0 bridgehead atoms. The van der Waals surface area contributed by atoms with Crippen molar-refractivity contribution >= 4 is 18.2 Å². The van der Waals surface area contributed by atoms with Crippen LogP contribution in [0.1, 0.15) is 48.5 Å². The summed E-state index contributed by atoms with van der Waals surface area (Å²) in [6.07, 6.45) is -0.743. The van der Waals surface area contributed by atoms with E-state index in [2.05, 4.69) is 17.2 Å². The Morgan fingerprint density at radius 2 is 1.48 bits per heavy atom. The summed E-state index contributed by atoms with van der Waals surface area (Å²) in [5.41, 5.74) is -1.30. The highest BCUT2D eigenvalue weighted by atomic mass is 16.6. The molecule has 0 aromatic carbocycles. The van der Waals surface area contributed by atoms with Gasteiger partial charge in [-0.2, -0.15) is 0 Å². The average Bonchev–Trinajstić information content (AvgIpc) is 2.38. The first-order valence-corrected chi connectivity index (χ1v) is 8.03. The van der Waals surface area contributed by atoms with Crippen LogP contribution in [0.25, 0.3) is 0 Å². The highest BCUT2D eigenvalue weighted by Gasteiger charge is 2.24. The van der Waals surface area contributed by atoms with Gasteiger partial charge in [-0.15, -0.1) is 0 Å². The quantitative estimate of drug-likeness (QED) is 0.430. The molecule has 8 nitrogen and oxygen atoms in total. The lowest BCUT2D eigenvalue weighted by molar-refractivity contribution is -0.148. The Labute approximate surface area is 149 Å². The monoisotopic (exact) mass is 358 g/mol. The molecular formula is C17H30N2O6. The summed E-state index contributed by atoms with van der Waals surface area (Å²) in [5, 5.41) is 4.86. The van der Waals surface area contributed by atoms with Gasteiger partial charge in [0.15, 0.2) is 0 Å². The van der Waals surface area contributed by atoms with E-state index in [1.807, 2.05) is 0 Å². The Hall–Kier alpha value is -2.25. The van der Waals surface area contributed by atoms with Gasteiger partial charge in [0.05, 0.1) is 6.54 Å². The summed E-state index contributed by atoms with van der Waals surface area (Å²) in [4.78, 5) is 35.2. The number of hydrogen-bond donors (Lipinski definition) is 2. The average molecular weight is 358 g/mol. The zero-order valence-corrected chi connectivity index (χ0v) is 16.1. The van der Waals surface area contributed by atoms with Crippen LogP contribution in [0.2, 0.25) is 0 Å². The molecule has 8 heteroatoms. The first kappa shape index (κ1) is 22.8. The van der Waals surface area contributed by atoms with Gasteiger partial charge in [-0.3, -0.25) is 0 Å². The topological polar surface area (TPSA) is 103 Å². The number of hydrogen-bond acceptors (Lipinski definition) is 6. The summed E-state index contributed by atoms with van der Waals surface area (Å²) >= 11 is 0. The van der Waals surface area contributed by atoms with Crippen molar-refractivity contribution in [3.63, 3.8) is 0 Å². The zero-order chi connectivity index (χ0) is 19.8. The van der Waals surface area contributed by atoms with Crippen LogP contribution in [-0.2, 0) is 19.0 Å². The molecular weight excluding hydrogens is 328 g/mol. The number of ether oxygens (including phenoxy) is 3. The molecule has 0 heterocycles. The van der Waals surface area contributed by atoms with Crippen LogP contribution >= 0.6 is 0 Å². The number of carbonyl (C=O) groups is 3. The summed E-state index contributed by atoms with van der Waals surface area (Å²) in [7, 11) is 0. The molecule has 144 valence electrons. The highest BCUT2D eigenvalue weighted by molar-refractivity contribution is 5.81. The van der Waals surface area contributed by atoms with E-state index in [9.17, 15) is 14.4 Å². The number of alkyl carbamates (subject to hydrolysis) is 2.